The fraction of sp³-hybridized carbons (Fsp3) is 0.500. The number of hydrogen-bond acceptors (Lipinski definition) is 5. The number of aromatic nitrogens is 1. The third-order valence-corrected chi connectivity index (χ3v) is 4.88. The van der Waals surface area contributed by atoms with Crippen molar-refractivity contribution < 1.29 is 4.55 Å². The molecule has 0 aliphatic carbocycles. The van der Waals surface area contributed by atoms with Crippen molar-refractivity contribution >= 4 is 39.6 Å². The summed E-state index contributed by atoms with van der Waals surface area (Å²) in [4.78, 5) is 6.59. The lowest BCUT2D eigenvalue weighted by atomic mass is 10.1. The lowest BCUT2D eigenvalue weighted by Crippen LogP contribution is -2.21. The maximum atomic E-state index is 11.8. The first kappa shape index (κ1) is 16.5. The minimum atomic E-state index is -1.09. The van der Waals surface area contributed by atoms with E-state index < -0.39 is 11.2 Å². The highest BCUT2D eigenvalue weighted by Crippen LogP contribution is 2.35. The van der Waals surface area contributed by atoms with Gasteiger partial charge in [-0.15, -0.1) is 0 Å². The molecule has 2 rings (SSSR count). The van der Waals surface area contributed by atoms with E-state index in [1.54, 1.807) is 6.26 Å². The average molecular weight is 392 g/mol. The minimum absolute atomic E-state index is 0.329. The van der Waals surface area contributed by atoms with Crippen LogP contribution in [0, 0.1) is 15.4 Å². The molecule has 2 unspecified atom stereocenters. The number of likely N-dealkylation sites (tertiary alicyclic amines) is 1. The fourth-order valence-electron chi connectivity index (χ4n) is 2.27. The van der Waals surface area contributed by atoms with Crippen LogP contribution in [0.4, 0.5) is 5.82 Å². The van der Waals surface area contributed by atoms with Crippen LogP contribution in [0.25, 0.3) is 0 Å². The molecule has 0 spiro atoms. The Kier molecular flexibility index (Phi) is 6.32. The first-order valence-corrected chi connectivity index (χ1v) is 8.39. The zero-order chi connectivity index (χ0) is 14.6. The van der Waals surface area contributed by atoms with E-state index in [0.717, 1.165) is 22.1 Å². The minimum Gasteiger partial charge on any atom is -0.610 e. The van der Waals surface area contributed by atoms with Gasteiger partial charge in [0.2, 0.25) is 0 Å². The second-order valence-electron chi connectivity index (χ2n) is 4.34. The summed E-state index contributed by atoms with van der Waals surface area (Å²) in [5, 5.41) is 7.14. The molecule has 1 aliphatic heterocycles. The van der Waals surface area contributed by atoms with Crippen molar-refractivity contribution in [3.8, 4) is 6.57 Å². The first-order chi connectivity index (χ1) is 9.00. The molecular weight excluding hydrogens is 375 g/mol. The summed E-state index contributed by atoms with van der Waals surface area (Å²) in [6.45, 7) is 4.58. The molecule has 1 aromatic heterocycles. The molecule has 0 saturated carbocycles. The van der Waals surface area contributed by atoms with Crippen molar-refractivity contribution in [3.05, 3.63) is 15.2 Å². The van der Waals surface area contributed by atoms with E-state index in [0.29, 0.717) is 16.9 Å². The number of nitrogens with two attached hydrogens (primary N) is 1. The molecular formula is C12H17IN4OS. The van der Waals surface area contributed by atoms with Gasteiger partial charge in [-0.05, 0) is 55.1 Å². The van der Waals surface area contributed by atoms with Crippen molar-refractivity contribution in [2.75, 3.05) is 25.6 Å². The summed E-state index contributed by atoms with van der Waals surface area (Å²) in [5.41, 5.74) is 6.87. The number of hydrogen-bond donors (Lipinski definition) is 1. The summed E-state index contributed by atoms with van der Waals surface area (Å²) < 4.78 is 12.7. The highest BCUT2D eigenvalue weighted by Gasteiger charge is 2.29. The summed E-state index contributed by atoms with van der Waals surface area (Å²) in [6, 6.07) is 2.36. The molecule has 1 aromatic rings. The molecule has 0 aromatic carbocycles. The van der Waals surface area contributed by atoms with Crippen LogP contribution in [0.15, 0.2) is 11.1 Å². The van der Waals surface area contributed by atoms with E-state index >= 15 is 0 Å². The lowest BCUT2D eigenvalue weighted by Gasteiger charge is -2.22. The van der Waals surface area contributed by atoms with Gasteiger partial charge < -0.3 is 10.3 Å². The van der Waals surface area contributed by atoms with Gasteiger partial charge in [0.25, 0.3) is 5.03 Å². The summed E-state index contributed by atoms with van der Waals surface area (Å²) in [7, 11) is 2.10. The quantitative estimate of drug-likeness (QED) is 0.614. The Hall–Kier alpha value is -0.560. The molecule has 2 atom stereocenters. The highest BCUT2D eigenvalue weighted by atomic mass is 127. The first-order valence-electron chi connectivity index (χ1n) is 5.76. The van der Waals surface area contributed by atoms with Crippen LogP contribution in [-0.4, -0.2) is 34.3 Å². The van der Waals surface area contributed by atoms with Crippen molar-refractivity contribution in [1.29, 1.82) is 5.26 Å². The number of pyridine rings is 1. The number of halogens is 1. The lowest BCUT2D eigenvalue weighted by molar-refractivity contribution is 0.312. The van der Waals surface area contributed by atoms with E-state index in [9.17, 15) is 4.55 Å². The van der Waals surface area contributed by atoms with Crippen LogP contribution in [0.1, 0.15) is 24.4 Å². The van der Waals surface area contributed by atoms with Crippen LogP contribution in [0.3, 0.4) is 0 Å². The van der Waals surface area contributed by atoms with Gasteiger partial charge in [0.15, 0.2) is 0 Å². The molecule has 1 aliphatic rings. The second kappa shape index (κ2) is 7.28. The smallest absolute Gasteiger partial charge is 0.251 e. The molecule has 5 nitrogen and oxygen atoms in total. The zero-order valence-corrected chi connectivity index (χ0v) is 13.9. The predicted molar refractivity (Wildman–Crippen MR) is 85.0 cm³/mol. The third-order valence-electron chi connectivity index (χ3n) is 3.15. The Morgan fingerprint density at radius 3 is 2.74 bits per heavy atom. The SMILES string of the molecule is C#N.CN1CCCC1c1cc(I)c(N)nc1[S+](C)[O-]. The van der Waals surface area contributed by atoms with Crippen molar-refractivity contribution in [3.63, 3.8) is 0 Å². The molecule has 2 N–H and O–H groups in total. The second-order valence-corrected chi connectivity index (χ2v) is 6.80. The Bertz CT molecular complexity index is 467. The number of anilines is 1. The van der Waals surface area contributed by atoms with Gasteiger partial charge in [-0.25, -0.2) is 5.26 Å². The number of nitrogens with zero attached hydrogens (tertiary/aromatic N) is 3. The summed E-state index contributed by atoms with van der Waals surface area (Å²) >= 11 is 1.09. The number of nitrogen functional groups attached to an aromatic ring is 1. The van der Waals surface area contributed by atoms with Gasteiger partial charge in [-0.1, -0.05) is 0 Å². The Balaban J connectivity index is 0.000000861. The number of nitriles is 1. The van der Waals surface area contributed by atoms with Gasteiger partial charge in [-0.3, -0.25) is 4.90 Å². The molecule has 1 fully saturated rings. The Labute approximate surface area is 130 Å². The Morgan fingerprint density at radius 1 is 1.63 bits per heavy atom. The number of rotatable bonds is 2. The summed E-state index contributed by atoms with van der Waals surface area (Å²) in [6.07, 6.45) is 3.94. The maximum absolute atomic E-state index is 11.8. The van der Waals surface area contributed by atoms with Crippen molar-refractivity contribution in [2.45, 2.75) is 23.9 Å². The molecule has 7 heteroatoms. The van der Waals surface area contributed by atoms with Crippen LogP contribution in [-0.2, 0) is 11.2 Å². The van der Waals surface area contributed by atoms with Crippen molar-refractivity contribution in [1.82, 2.24) is 9.88 Å². The van der Waals surface area contributed by atoms with Gasteiger partial charge in [0.05, 0.1) is 3.57 Å². The monoisotopic (exact) mass is 392 g/mol. The van der Waals surface area contributed by atoms with E-state index in [4.69, 9.17) is 11.0 Å². The van der Waals surface area contributed by atoms with Crippen LogP contribution >= 0.6 is 22.6 Å². The predicted octanol–water partition coefficient (Wildman–Crippen LogP) is 1.91. The molecule has 0 amide bonds. The van der Waals surface area contributed by atoms with Crippen molar-refractivity contribution in [2.24, 2.45) is 0 Å². The maximum Gasteiger partial charge on any atom is 0.251 e. The largest absolute Gasteiger partial charge is 0.610 e. The molecule has 0 radical (unpaired) electrons. The molecule has 0 bridgehead atoms. The van der Waals surface area contributed by atoms with Crippen LogP contribution < -0.4 is 5.73 Å². The molecule has 2 heterocycles. The van der Waals surface area contributed by atoms with E-state index in [1.807, 2.05) is 6.07 Å². The van der Waals surface area contributed by atoms with E-state index in [2.05, 4.69) is 46.1 Å². The van der Waals surface area contributed by atoms with Gasteiger partial charge in [0.1, 0.15) is 12.1 Å². The third kappa shape index (κ3) is 3.72. The average Bonchev–Trinajstić information content (AvgIpc) is 2.80. The van der Waals surface area contributed by atoms with Crippen LogP contribution in [0.2, 0.25) is 0 Å². The van der Waals surface area contributed by atoms with Gasteiger partial charge in [0, 0.05) is 29.4 Å². The van der Waals surface area contributed by atoms with Gasteiger partial charge >= 0.3 is 0 Å². The van der Waals surface area contributed by atoms with Gasteiger partial charge in [-0.2, -0.15) is 4.98 Å². The highest BCUT2D eigenvalue weighted by molar-refractivity contribution is 14.1. The zero-order valence-electron chi connectivity index (χ0n) is 11.0. The molecule has 104 valence electrons. The van der Waals surface area contributed by atoms with E-state index in [-0.39, 0.29) is 0 Å². The molecule has 1 saturated heterocycles. The van der Waals surface area contributed by atoms with Crippen LogP contribution in [0.5, 0.6) is 0 Å². The summed E-state index contributed by atoms with van der Waals surface area (Å²) in [5.74, 6) is 0.472. The fourth-order valence-corrected chi connectivity index (χ4v) is 3.48. The topological polar surface area (TPSA) is 89.0 Å². The standard InChI is InChI=1S/C11H16IN3OS.CHN/c1-15-5-3-4-9(15)7-6-8(12)10(13)14-11(7)17(2)16;1-2/h6,9H,3-5H2,1-2H3,(H2,13,14);1H. The normalized spacial score (nSPS) is 20.6. The van der Waals surface area contributed by atoms with E-state index in [1.165, 1.54) is 6.42 Å². The molecule has 19 heavy (non-hydrogen) atoms. The Morgan fingerprint density at radius 2 is 2.26 bits per heavy atom.